The quantitative estimate of drug-likeness (QED) is 0.792. The molecule has 1 N–H and O–H groups in total. The molecule has 2 atom stereocenters. The lowest BCUT2D eigenvalue weighted by atomic mass is 10.2. The number of thiocarbonyl (C=S) groups is 1. The first-order valence-corrected chi connectivity index (χ1v) is 7.45. The van der Waals surface area contributed by atoms with Gasteiger partial charge in [-0.05, 0) is 37.7 Å². The number of hydrogen-bond acceptors (Lipinski definition) is 4. The summed E-state index contributed by atoms with van der Waals surface area (Å²) in [6.45, 7) is 2.06. The summed E-state index contributed by atoms with van der Waals surface area (Å²) in [5.41, 5.74) is 0.967. The van der Waals surface area contributed by atoms with Crippen LogP contribution in [0.1, 0.15) is 37.5 Å². The van der Waals surface area contributed by atoms with E-state index in [4.69, 9.17) is 17.0 Å². The molecule has 3 rings (SSSR count). The van der Waals surface area contributed by atoms with E-state index in [1.165, 1.54) is 18.6 Å². The molecule has 6 heteroatoms. The molecule has 0 aromatic carbocycles. The molecule has 17 heavy (non-hydrogen) atoms. The van der Waals surface area contributed by atoms with E-state index in [-0.39, 0.29) is 6.04 Å². The first-order valence-electron chi connectivity index (χ1n) is 5.89. The smallest absolute Gasteiger partial charge is 0.262 e. The normalized spacial score (nSPS) is 28.2. The number of ether oxygens (including phenoxy) is 1. The van der Waals surface area contributed by atoms with Gasteiger partial charge in [-0.2, -0.15) is 16.9 Å². The molecule has 0 amide bonds. The Morgan fingerprint density at radius 3 is 3.29 bits per heavy atom. The number of hydrogen-bond donors (Lipinski definition) is 1. The Bertz CT molecular complexity index is 440. The minimum Gasteiger partial charge on any atom is -0.428 e. The van der Waals surface area contributed by atoms with Gasteiger partial charge in [0.05, 0.1) is 18.3 Å². The van der Waals surface area contributed by atoms with Gasteiger partial charge in [0.15, 0.2) is 5.75 Å². The lowest BCUT2D eigenvalue weighted by molar-refractivity contribution is 0.446. The van der Waals surface area contributed by atoms with Crippen molar-refractivity contribution in [1.82, 2.24) is 15.1 Å². The highest BCUT2D eigenvalue weighted by molar-refractivity contribution is 7.99. The largest absolute Gasteiger partial charge is 0.428 e. The minimum atomic E-state index is 0.142. The number of aromatic nitrogens is 2. The van der Waals surface area contributed by atoms with Gasteiger partial charge in [-0.3, -0.25) is 4.68 Å². The van der Waals surface area contributed by atoms with Gasteiger partial charge in [0.2, 0.25) is 0 Å². The summed E-state index contributed by atoms with van der Waals surface area (Å²) in [5.74, 6) is 3.24. The average molecular weight is 269 g/mol. The van der Waals surface area contributed by atoms with Gasteiger partial charge in [-0.15, -0.1) is 0 Å². The van der Waals surface area contributed by atoms with Crippen molar-refractivity contribution in [1.29, 1.82) is 0 Å². The zero-order valence-corrected chi connectivity index (χ0v) is 11.3. The maximum absolute atomic E-state index is 5.50. The summed E-state index contributed by atoms with van der Waals surface area (Å²) in [6.07, 6.45) is 4.47. The number of nitrogens with one attached hydrogen (secondary N) is 1. The summed E-state index contributed by atoms with van der Waals surface area (Å²) in [6, 6.07) is 0.646. The van der Waals surface area contributed by atoms with Crippen molar-refractivity contribution in [2.75, 3.05) is 11.5 Å². The zero-order valence-electron chi connectivity index (χ0n) is 9.68. The van der Waals surface area contributed by atoms with E-state index in [0.717, 1.165) is 17.2 Å². The van der Waals surface area contributed by atoms with Crippen LogP contribution in [0.25, 0.3) is 0 Å². The summed E-state index contributed by atoms with van der Waals surface area (Å²) < 4.78 is 7.56. The molecule has 1 saturated heterocycles. The van der Waals surface area contributed by atoms with Crippen molar-refractivity contribution in [2.24, 2.45) is 0 Å². The summed E-state index contributed by atoms with van der Waals surface area (Å²) in [7, 11) is 0. The van der Waals surface area contributed by atoms with Crippen LogP contribution in [0.5, 0.6) is 5.75 Å². The first kappa shape index (κ1) is 11.3. The van der Waals surface area contributed by atoms with E-state index in [2.05, 4.69) is 22.0 Å². The lowest BCUT2D eigenvalue weighted by Gasteiger charge is -2.21. The molecule has 0 aliphatic carbocycles. The van der Waals surface area contributed by atoms with E-state index in [0.29, 0.717) is 11.2 Å². The van der Waals surface area contributed by atoms with Crippen LogP contribution in [-0.4, -0.2) is 26.5 Å². The van der Waals surface area contributed by atoms with Crippen LogP contribution >= 0.6 is 24.0 Å². The first-order chi connectivity index (χ1) is 8.24. The van der Waals surface area contributed by atoms with Crippen molar-refractivity contribution < 1.29 is 4.74 Å². The van der Waals surface area contributed by atoms with Gasteiger partial charge in [0.1, 0.15) is 5.69 Å². The minimum absolute atomic E-state index is 0.142. The number of thioether (sulfide) groups is 1. The average Bonchev–Trinajstić information content (AvgIpc) is 2.74. The Hall–Kier alpha value is -0.750. The van der Waals surface area contributed by atoms with Crippen molar-refractivity contribution in [2.45, 2.75) is 31.8 Å². The third-order valence-corrected chi connectivity index (χ3v) is 4.58. The topological polar surface area (TPSA) is 39.1 Å². The Kier molecular flexibility index (Phi) is 3.00. The van der Waals surface area contributed by atoms with Crippen LogP contribution in [0.4, 0.5) is 0 Å². The number of rotatable bonds is 1. The third kappa shape index (κ3) is 2.15. The highest BCUT2D eigenvalue weighted by atomic mass is 32.2. The van der Waals surface area contributed by atoms with E-state index in [9.17, 15) is 0 Å². The number of nitrogens with zero attached hydrogens (tertiary/aromatic N) is 2. The van der Waals surface area contributed by atoms with Crippen molar-refractivity contribution >= 4 is 29.2 Å². The fourth-order valence-corrected chi connectivity index (χ4v) is 3.66. The molecule has 2 unspecified atom stereocenters. The summed E-state index contributed by atoms with van der Waals surface area (Å²) >= 11 is 7.05. The molecule has 0 radical (unpaired) electrons. The predicted octanol–water partition coefficient (Wildman–Crippen LogP) is 2.28. The Labute approximate surface area is 110 Å². The fourth-order valence-electron chi connectivity index (χ4n) is 2.26. The molecule has 4 nitrogen and oxygen atoms in total. The molecular weight excluding hydrogens is 254 g/mol. The lowest BCUT2D eigenvalue weighted by Crippen LogP contribution is -2.33. The predicted molar refractivity (Wildman–Crippen MR) is 72.6 cm³/mol. The van der Waals surface area contributed by atoms with Gasteiger partial charge in [-0.1, -0.05) is 0 Å². The highest BCUT2D eigenvalue weighted by Gasteiger charge is 2.26. The van der Waals surface area contributed by atoms with Gasteiger partial charge in [-0.25, -0.2) is 0 Å². The van der Waals surface area contributed by atoms with Crippen LogP contribution in [0.15, 0.2) is 6.20 Å². The molecule has 2 aliphatic heterocycles. The molecule has 1 aromatic rings. The molecule has 0 bridgehead atoms. The van der Waals surface area contributed by atoms with Crippen LogP contribution < -0.4 is 10.1 Å². The molecule has 0 saturated carbocycles. The molecule has 3 heterocycles. The molecular formula is C11H15N3OS2. The van der Waals surface area contributed by atoms with Gasteiger partial charge in [0.25, 0.3) is 5.17 Å². The van der Waals surface area contributed by atoms with Crippen LogP contribution in [-0.2, 0) is 0 Å². The second-order valence-corrected chi connectivity index (χ2v) is 6.01. The second-order valence-electron chi connectivity index (χ2n) is 4.49. The van der Waals surface area contributed by atoms with Gasteiger partial charge in [0, 0.05) is 5.75 Å². The van der Waals surface area contributed by atoms with Crippen molar-refractivity contribution in [3.8, 4) is 5.75 Å². The van der Waals surface area contributed by atoms with Crippen molar-refractivity contribution in [3.05, 3.63) is 11.9 Å². The summed E-state index contributed by atoms with van der Waals surface area (Å²) in [5, 5.41) is 8.17. The number of fused-ring (bicyclic) bond motifs is 1. The Morgan fingerprint density at radius 2 is 2.53 bits per heavy atom. The Balaban J connectivity index is 1.88. The van der Waals surface area contributed by atoms with E-state index < -0.39 is 0 Å². The van der Waals surface area contributed by atoms with Gasteiger partial charge < -0.3 is 10.1 Å². The maximum Gasteiger partial charge on any atom is 0.262 e. The molecule has 2 aliphatic rings. The molecule has 92 valence electrons. The SMILES string of the molecule is CC1NC(=S)Oc2cn(C3CCCSC3)nc21. The van der Waals surface area contributed by atoms with Gasteiger partial charge >= 0.3 is 0 Å². The molecule has 1 fully saturated rings. The van der Waals surface area contributed by atoms with Crippen LogP contribution in [0.2, 0.25) is 0 Å². The standard InChI is InChI=1S/C11H15N3OS2/c1-7-10-9(15-11(16)12-7)5-14(13-10)8-3-2-4-17-6-8/h5,7-8H,2-4,6H2,1H3,(H,12,16). The fraction of sp³-hybridized carbons (Fsp3) is 0.636. The third-order valence-electron chi connectivity index (χ3n) is 3.18. The molecule has 0 spiro atoms. The van der Waals surface area contributed by atoms with E-state index >= 15 is 0 Å². The molecule has 1 aromatic heterocycles. The van der Waals surface area contributed by atoms with Crippen LogP contribution in [0, 0.1) is 0 Å². The summed E-state index contributed by atoms with van der Waals surface area (Å²) in [4.78, 5) is 0. The van der Waals surface area contributed by atoms with Crippen molar-refractivity contribution in [3.63, 3.8) is 0 Å². The van der Waals surface area contributed by atoms with Crippen LogP contribution in [0.3, 0.4) is 0 Å². The monoisotopic (exact) mass is 269 g/mol. The van der Waals surface area contributed by atoms with E-state index in [1.54, 1.807) is 0 Å². The maximum atomic E-state index is 5.50. The Morgan fingerprint density at radius 1 is 1.65 bits per heavy atom. The van der Waals surface area contributed by atoms with E-state index in [1.807, 2.05) is 18.0 Å². The zero-order chi connectivity index (χ0) is 11.8. The second kappa shape index (κ2) is 4.49. The highest BCUT2D eigenvalue weighted by Crippen LogP contribution is 2.32.